The van der Waals surface area contributed by atoms with E-state index in [-0.39, 0.29) is 11.5 Å². The normalized spacial score (nSPS) is 34.0. The molecule has 0 bridgehead atoms. The van der Waals surface area contributed by atoms with Gasteiger partial charge in [0.05, 0.1) is 7.11 Å². The van der Waals surface area contributed by atoms with E-state index in [4.69, 9.17) is 4.74 Å². The van der Waals surface area contributed by atoms with Crippen molar-refractivity contribution < 1.29 is 9.53 Å². The van der Waals surface area contributed by atoms with Crippen molar-refractivity contribution in [3.63, 3.8) is 0 Å². The zero-order chi connectivity index (χ0) is 14.7. The quantitative estimate of drug-likeness (QED) is 0.762. The lowest BCUT2D eigenvalue weighted by Crippen LogP contribution is -2.56. The van der Waals surface area contributed by atoms with Gasteiger partial charge >= 0.3 is 5.97 Å². The summed E-state index contributed by atoms with van der Waals surface area (Å²) in [6.07, 6.45) is 12.5. The fourth-order valence-corrected chi connectivity index (χ4v) is 5.62. The smallest absolute Gasteiger partial charge is 0.326 e. The molecule has 3 saturated carbocycles. The minimum Gasteiger partial charge on any atom is -0.468 e. The van der Waals surface area contributed by atoms with E-state index in [2.05, 4.69) is 17.1 Å². The predicted molar refractivity (Wildman–Crippen MR) is 87.6 cm³/mol. The van der Waals surface area contributed by atoms with Crippen molar-refractivity contribution in [2.75, 3.05) is 12.9 Å². The van der Waals surface area contributed by atoms with E-state index < -0.39 is 0 Å². The fraction of sp³-hybridized carbons (Fsp3) is 0.941. The van der Waals surface area contributed by atoms with Crippen LogP contribution >= 0.6 is 11.8 Å². The topological polar surface area (TPSA) is 38.3 Å². The standard InChI is InChI=1S/C17H29NO2S/c1-20-16(19)17(18-14-8-9-14)10-4-7-15(11-17)21-12-13-5-2-3-6-13/h13-15,18H,2-12H2,1H3. The predicted octanol–water partition coefficient (Wildman–Crippen LogP) is 3.52. The molecule has 3 rings (SSSR count). The molecule has 3 aliphatic carbocycles. The maximum absolute atomic E-state index is 12.4. The Hall–Kier alpha value is -0.220. The number of esters is 1. The molecule has 0 spiro atoms. The van der Waals surface area contributed by atoms with E-state index in [9.17, 15) is 4.79 Å². The van der Waals surface area contributed by atoms with Crippen molar-refractivity contribution in [3.8, 4) is 0 Å². The maximum atomic E-state index is 12.4. The van der Waals surface area contributed by atoms with Crippen molar-refractivity contribution in [2.24, 2.45) is 5.92 Å². The Bertz CT molecular complexity index is 366. The van der Waals surface area contributed by atoms with E-state index >= 15 is 0 Å². The van der Waals surface area contributed by atoms with Crippen LogP contribution in [0.25, 0.3) is 0 Å². The van der Waals surface area contributed by atoms with Gasteiger partial charge < -0.3 is 4.74 Å². The van der Waals surface area contributed by atoms with E-state index in [0.29, 0.717) is 11.3 Å². The van der Waals surface area contributed by atoms with Gasteiger partial charge in [0.1, 0.15) is 5.54 Å². The van der Waals surface area contributed by atoms with E-state index in [1.165, 1.54) is 57.8 Å². The lowest BCUT2D eigenvalue weighted by Gasteiger charge is -2.39. The number of ether oxygens (including phenoxy) is 1. The summed E-state index contributed by atoms with van der Waals surface area (Å²) in [5.74, 6) is 2.20. The third-order valence-electron chi connectivity index (χ3n) is 5.38. The molecule has 0 aromatic rings. The van der Waals surface area contributed by atoms with Crippen LogP contribution in [0.1, 0.15) is 64.2 Å². The monoisotopic (exact) mass is 311 g/mol. The van der Waals surface area contributed by atoms with Gasteiger partial charge in [0.25, 0.3) is 0 Å². The van der Waals surface area contributed by atoms with Crippen LogP contribution in [0, 0.1) is 5.92 Å². The highest BCUT2D eigenvalue weighted by atomic mass is 32.2. The number of hydrogen-bond donors (Lipinski definition) is 1. The van der Waals surface area contributed by atoms with Gasteiger partial charge in [-0.25, -0.2) is 0 Å². The van der Waals surface area contributed by atoms with Crippen molar-refractivity contribution in [1.82, 2.24) is 5.32 Å². The second-order valence-corrected chi connectivity index (χ2v) is 8.53. The molecule has 0 radical (unpaired) electrons. The molecule has 0 aromatic carbocycles. The number of hydrogen-bond acceptors (Lipinski definition) is 4. The molecule has 2 atom stereocenters. The Labute approximate surface area is 133 Å². The molecule has 0 amide bonds. The van der Waals surface area contributed by atoms with Gasteiger partial charge in [-0.15, -0.1) is 0 Å². The molecule has 3 fully saturated rings. The first kappa shape index (κ1) is 15.7. The minimum atomic E-state index is -0.387. The molecule has 3 nitrogen and oxygen atoms in total. The zero-order valence-corrected chi connectivity index (χ0v) is 14.1. The Morgan fingerprint density at radius 2 is 1.95 bits per heavy atom. The number of carbonyl (C=O) groups is 1. The Morgan fingerprint density at radius 3 is 2.62 bits per heavy atom. The lowest BCUT2D eigenvalue weighted by atomic mass is 9.81. The van der Waals surface area contributed by atoms with Crippen LogP contribution in [0.5, 0.6) is 0 Å². The summed E-state index contributed by atoms with van der Waals surface area (Å²) in [6.45, 7) is 0. The molecule has 0 heterocycles. The first-order chi connectivity index (χ1) is 10.2. The number of rotatable bonds is 6. The van der Waals surface area contributed by atoms with Crippen LogP contribution in [0.15, 0.2) is 0 Å². The van der Waals surface area contributed by atoms with E-state index in [1.54, 1.807) is 0 Å². The largest absolute Gasteiger partial charge is 0.468 e. The fourth-order valence-electron chi connectivity index (χ4n) is 4.00. The number of methoxy groups -OCH3 is 1. The van der Waals surface area contributed by atoms with E-state index in [0.717, 1.165) is 25.2 Å². The number of nitrogens with one attached hydrogen (secondary N) is 1. The molecule has 0 aliphatic heterocycles. The number of thioether (sulfide) groups is 1. The molecule has 0 saturated heterocycles. The second kappa shape index (κ2) is 6.91. The Balaban J connectivity index is 1.56. The molecular weight excluding hydrogens is 282 g/mol. The van der Waals surface area contributed by atoms with Crippen LogP contribution in [-0.2, 0) is 9.53 Å². The molecule has 0 aromatic heterocycles. The molecule has 21 heavy (non-hydrogen) atoms. The van der Waals surface area contributed by atoms with E-state index in [1.807, 2.05) is 0 Å². The highest BCUT2D eigenvalue weighted by Crippen LogP contribution is 2.40. The van der Waals surface area contributed by atoms with Gasteiger partial charge in [0, 0.05) is 11.3 Å². The lowest BCUT2D eigenvalue weighted by molar-refractivity contribution is -0.150. The first-order valence-electron chi connectivity index (χ1n) is 8.69. The summed E-state index contributed by atoms with van der Waals surface area (Å²) in [7, 11) is 1.54. The molecule has 3 aliphatic rings. The van der Waals surface area contributed by atoms with Crippen LogP contribution in [0.2, 0.25) is 0 Å². The summed E-state index contributed by atoms with van der Waals surface area (Å²) < 4.78 is 5.14. The average Bonchev–Trinajstić information content (AvgIpc) is 3.16. The van der Waals surface area contributed by atoms with Crippen LogP contribution in [-0.4, -0.2) is 35.7 Å². The van der Waals surface area contributed by atoms with Gasteiger partial charge in [-0.1, -0.05) is 12.8 Å². The van der Waals surface area contributed by atoms with Gasteiger partial charge in [-0.2, -0.15) is 11.8 Å². The van der Waals surface area contributed by atoms with Crippen molar-refractivity contribution >= 4 is 17.7 Å². The van der Waals surface area contributed by atoms with Crippen molar-refractivity contribution in [1.29, 1.82) is 0 Å². The summed E-state index contributed by atoms with van der Waals surface area (Å²) in [5.41, 5.74) is -0.387. The summed E-state index contributed by atoms with van der Waals surface area (Å²) in [6, 6.07) is 0.558. The third-order valence-corrected chi connectivity index (χ3v) is 6.92. The van der Waals surface area contributed by atoms with Crippen molar-refractivity contribution in [2.45, 2.75) is 81.0 Å². The highest BCUT2D eigenvalue weighted by molar-refractivity contribution is 7.99. The van der Waals surface area contributed by atoms with Crippen LogP contribution in [0.3, 0.4) is 0 Å². The van der Waals surface area contributed by atoms with Gasteiger partial charge in [-0.3, -0.25) is 10.1 Å². The third kappa shape index (κ3) is 3.95. The summed E-state index contributed by atoms with van der Waals surface area (Å²) in [4.78, 5) is 12.4. The second-order valence-electron chi connectivity index (χ2n) is 7.19. The first-order valence-corrected chi connectivity index (χ1v) is 9.74. The Kier molecular flexibility index (Phi) is 5.15. The average molecular weight is 311 g/mol. The zero-order valence-electron chi connectivity index (χ0n) is 13.2. The maximum Gasteiger partial charge on any atom is 0.326 e. The Morgan fingerprint density at radius 1 is 1.19 bits per heavy atom. The number of carbonyl (C=O) groups excluding carboxylic acids is 1. The summed E-state index contributed by atoms with van der Waals surface area (Å²) in [5, 5.41) is 4.26. The van der Waals surface area contributed by atoms with Crippen LogP contribution in [0.4, 0.5) is 0 Å². The van der Waals surface area contributed by atoms with Gasteiger partial charge in [-0.05, 0) is 63.0 Å². The molecule has 4 heteroatoms. The molecular formula is C17H29NO2S. The van der Waals surface area contributed by atoms with Gasteiger partial charge in [0.2, 0.25) is 0 Å². The van der Waals surface area contributed by atoms with Crippen molar-refractivity contribution in [3.05, 3.63) is 0 Å². The molecule has 2 unspecified atom stereocenters. The SMILES string of the molecule is COC(=O)C1(NC2CC2)CCCC(SCC2CCCC2)C1. The molecule has 1 N–H and O–H groups in total. The molecule has 120 valence electrons. The highest BCUT2D eigenvalue weighted by Gasteiger charge is 2.46. The van der Waals surface area contributed by atoms with Gasteiger partial charge in [0.15, 0.2) is 0 Å². The summed E-state index contributed by atoms with van der Waals surface area (Å²) >= 11 is 2.12. The minimum absolute atomic E-state index is 0.0273. The van der Waals surface area contributed by atoms with Crippen LogP contribution < -0.4 is 5.32 Å².